The number of nitrogens with zero attached hydrogens (tertiary/aromatic N) is 3. The summed E-state index contributed by atoms with van der Waals surface area (Å²) in [6, 6.07) is 7.01. The molecule has 13 heteroatoms. The number of terminal acetylenes is 1. The Morgan fingerprint density at radius 1 is 1.20 bits per heavy atom. The molecule has 0 spiro atoms. The molecule has 12 nitrogen and oxygen atoms in total. The van der Waals surface area contributed by atoms with Gasteiger partial charge in [-0.3, -0.25) is 23.7 Å². The van der Waals surface area contributed by atoms with Crippen LogP contribution in [0, 0.1) is 17.8 Å². The van der Waals surface area contributed by atoms with Crippen LogP contribution in [-0.2, 0) is 32.4 Å². The van der Waals surface area contributed by atoms with E-state index in [1.54, 1.807) is 45.0 Å². The number of carbonyl (C=O) groups excluding carboxylic acids is 2. The van der Waals surface area contributed by atoms with Crippen molar-refractivity contribution in [3.63, 3.8) is 0 Å². The quantitative estimate of drug-likeness (QED) is 0.213. The number of rotatable bonds is 12. The minimum absolute atomic E-state index is 0.177. The highest BCUT2D eigenvalue weighted by molar-refractivity contribution is 7.18. The zero-order valence-corrected chi connectivity index (χ0v) is 23.6. The highest BCUT2D eigenvalue weighted by Gasteiger charge is 2.24. The van der Waals surface area contributed by atoms with Crippen molar-refractivity contribution in [3.8, 4) is 12.3 Å². The number of carboxylic acid groups (broad SMARTS) is 2. The fourth-order valence-electron chi connectivity index (χ4n) is 3.66. The van der Waals surface area contributed by atoms with E-state index in [2.05, 4.69) is 16.2 Å². The maximum atomic E-state index is 13.1. The van der Waals surface area contributed by atoms with E-state index in [4.69, 9.17) is 16.3 Å². The topological polar surface area (TPSA) is 168 Å². The fourth-order valence-corrected chi connectivity index (χ4v) is 4.56. The van der Waals surface area contributed by atoms with Gasteiger partial charge in [0.15, 0.2) is 6.73 Å². The smallest absolute Gasteiger partial charge is 0.326 e. The third kappa shape index (κ3) is 8.15. The number of esters is 1. The summed E-state index contributed by atoms with van der Waals surface area (Å²) in [6.07, 6.45) is 6.24. The molecule has 0 aliphatic carbocycles. The lowest BCUT2D eigenvalue weighted by atomic mass is 9.98. The van der Waals surface area contributed by atoms with Crippen molar-refractivity contribution in [2.24, 2.45) is 5.41 Å². The Hall–Kier alpha value is -4.70. The van der Waals surface area contributed by atoms with Gasteiger partial charge < -0.3 is 25.2 Å². The molecule has 3 N–H and O–H groups in total. The molecule has 0 unspecified atom stereocenters. The van der Waals surface area contributed by atoms with E-state index in [0.29, 0.717) is 15.9 Å². The molecule has 1 atom stereocenters. The van der Waals surface area contributed by atoms with Gasteiger partial charge in [-0.15, -0.1) is 17.8 Å². The molecule has 0 radical (unpaired) electrons. The first kappa shape index (κ1) is 30.8. The highest BCUT2D eigenvalue weighted by Crippen LogP contribution is 2.28. The molecule has 0 aliphatic rings. The van der Waals surface area contributed by atoms with Crippen LogP contribution >= 0.6 is 11.3 Å². The van der Waals surface area contributed by atoms with Crippen molar-refractivity contribution >= 4 is 51.1 Å². The molecule has 3 rings (SSSR count). The first-order valence-corrected chi connectivity index (χ1v) is 13.3. The van der Waals surface area contributed by atoms with Crippen LogP contribution < -0.4 is 15.8 Å². The summed E-state index contributed by atoms with van der Waals surface area (Å²) in [4.78, 5) is 66.4. The molecule has 0 bridgehead atoms. The second-order valence-electron chi connectivity index (χ2n) is 10.2. The van der Waals surface area contributed by atoms with Crippen molar-refractivity contribution in [1.82, 2.24) is 14.9 Å². The van der Waals surface area contributed by atoms with Crippen molar-refractivity contribution in [2.75, 3.05) is 11.4 Å². The van der Waals surface area contributed by atoms with Crippen molar-refractivity contribution < 1.29 is 34.1 Å². The average Bonchev–Trinajstić information content (AvgIpc) is 3.40. The number of anilines is 1. The van der Waals surface area contributed by atoms with Crippen LogP contribution in [0.2, 0.25) is 0 Å². The third-order valence-corrected chi connectivity index (χ3v) is 7.01. The molecule has 2 aromatic heterocycles. The number of carboxylic acids is 2. The van der Waals surface area contributed by atoms with Gasteiger partial charge in [0.25, 0.3) is 11.5 Å². The summed E-state index contributed by atoms with van der Waals surface area (Å²) in [5.41, 5.74) is 0.0945. The molecule has 1 aromatic carbocycles. The number of aliphatic carboxylic acids is 2. The Bertz CT molecular complexity index is 1560. The molecule has 0 fully saturated rings. The predicted octanol–water partition coefficient (Wildman–Crippen LogP) is 2.69. The number of amides is 1. The number of aromatic nitrogens is 2. The van der Waals surface area contributed by atoms with Crippen LogP contribution in [0.25, 0.3) is 10.9 Å². The van der Waals surface area contributed by atoms with Crippen molar-refractivity contribution in [1.29, 1.82) is 0 Å². The number of thiophene rings is 1. The summed E-state index contributed by atoms with van der Waals surface area (Å²) in [5, 5.41) is 21.5. The SMILES string of the molecule is C#CCN(Cc1ccc2ncn(COC(=O)C(C)(C)C)c(=O)c2c1)c1ccc(C(=O)N[C@@H](CCC(=O)O)C(=O)O)s1. The first-order valence-electron chi connectivity index (χ1n) is 12.5. The summed E-state index contributed by atoms with van der Waals surface area (Å²) < 4.78 is 6.46. The lowest BCUT2D eigenvalue weighted by Gasteiger charge is -2.21. The standard InChI is InChI=1S/C28H30N4O8S/c1-5-12-31(22-10-9-21(41-22)24(35)30-20(26(37)38)8-11-23(33)34)14-17-6-7-19-18(13-17)25(36)32(15-29-19)16-40-27(39)28(2,3)4/h1,6-7,9-10,13,15,20H,8,11-12,14,16H2,2-4H3,(H,30,35)(H,33,34)(H,37,38)/t20-/m0/s1. The van der Waals surface area contributed by atoms with Gasteiger partial charge in [-0.2, -0.15) is 0 Å². The van der Waals surface area contributed by atoms with Crippen LogP contribution in [0.4, 0.5) is 5.00 Å². The Kier molecular flexibility index (Phi) is 9.85. The maximum absolute atomic E-state index is 13.1. The molecule has 0 aliphatic heterocycles. The van der Waals surface area contributed by atoms with E-state index in [1.807, 2.05) is 4.90 Å². The predicted molar refractivity (Wildman–Crippen MR) is 152 cm³/mol. The minimum atomic E-state index is -1.35. The van der Waals surface area contributed by atoms with Gasteiger partial charge in [0.1, 0.15) is 12.4 Å². The number of hydrogen-bond donors (Lipinski definition) is 3. The zero-order chi connectivity index (χ0) is 30.3. The van der Waals surface area contributed by atoms with Gasteiger partial charge in [-0.1, -0.05) is 12.0 Å². The van der Waals surface area contributed by atoms with Crippen molar-refractivity contribution in [3.05, 3.63) is 57.5 Å². The molecule has 0 saturated carbocycles. The van der Waals surface area contributed by atoms with E-state index >= 15 is 0 Å². The number of benzene rings is 1. The average molecular weight is 583 g/mol. The molecular weight excluding hydrogens is 552 g/mol. The number of carbonyl (C=O) groups is 4. The molecular formula is C28H30N4O8S. The van der Waals surface area contributed by atoms with Crippen LogP contribution in [0.15, 0.2) is 41.5 Å². The van der Waals surface area contributed by atoms with Gasteiger partial charge in [0, 0.05) is 13.0 Å². The van der Waals surface area contributed by atoms with Gasteiger partial charge >= 0.3 is 17.9 Å². The number of hydrogen-bond acceptors (Lipinski definition) is 9. The summed E-state index contributed by atoms with van der Waals surface area (Å²) in [5.74, 6) is -1.03. The molecule has 0 saturated heterocycles. The van der Waals surface area contributed by atoms with E-state index in [9.17, 15) is 29.1 Å². The third-order valence-electron chi connectivity index (χ3n) is 5.87. The molecule has 216 valence electrons. The minimum Gasteiger partial charge on any atom is -0.481 e. The maximum Gasteiger partial charge on any atom is 0.326 e. The number of nitrogens with one attached hydrogen (secondary N) is 1. The van der Waals surface area contributed by atoms with E-state index in [1.165, 1.54) is 17.0 Å². The van der Waals surface area contributed by atoms with E-state index in [-0.39, 0.29) is 36.7 Å². The Morgan fingerprint density at radius 2 is 1.93 bits per heavy atom. The van der Waals surface area contributed by atoms with Gasteiger partial charge in [-0.05, 0) is 57.0 Å². The zero-order valence-electron chi connectivity index (χ0n) is 22.7. The number of ether oxygens (including phenoxy) is 1. The second kappa shape index (κ2) is 13.1. The molecule has 1 amide bonds. The van der Waals surface area contributed by atoms with Crippen LogP contribution in [0.1, 0.15) is 48.8 Å². The second-order valence-corrected chi connectivity index (χ2v) is 11.2. The lowest BCUT2D eigenvalue weighted by molar-refractivity contribution is -0.157. The van der Waals surface area contributed by atoms with Crippen LogP contribution in [-0.4, -0.2) is 56.2 Å². The Balaban J connectivity index is 1.79. The van der Waals surface area contributed by atoms with Gasteiger partial charge in [0.05, 0.1) is 32.7 Å². The van der Waals surface area contributed by atoms with E-state index in [0.717, 1.165) is 16.9 Å². The van der Waals surface area contributed by atoms with Crippen LogP contribution in [0.5, 0.6) is 0 Å². The summed E-state index contributed by atoms with van der Waals surface area (Å²) in [7, 11) is 0. The van der Waals surface area contributed by atoms with Gasteiger partial charge in [0.2, 0.25) is 0 Å². The van der Waals surface area contributed by atoms with Crippen LogP contribution in [0.3, 0.4) is 0 Å². The monoisotopic (exact) mass is 582 g/mol. The molecule has 3 aromatic rings. The largest absolute Gasteiger partial charge is 0.481 e. The van der Waals surface area contributed by atoms with Crippen molar-refractivity contribution in [2.45, 2.75) is 52.9 Å². The molecule has 41 heavy (non-hydrogen) atoms. The first-order chi connectivity index (χ1) is 19.3. The molecule has 2 heterocycles. The summed E-state index contributed by atoms with van der Waals surface area (Å²) >= 11 is 1.09. The normalized spacial score (nSPS) is 11.9. The fraction of sp³-hybridized carbons (Fsp3) is 0.357. The summed E-state index contributed by atoms with van der Waals surface area (Å²) in [6.45, 7) is 5.32. The highest BCUT2D eigenvalue weighted by atomic mass is 32.1. The Morgan fingerprint density at radius 3 is 2.56 bits per heavy atom. The Labute approximate surface area is 239 Å². The van der Waals surface area contributed by atoms with Gasteiger partial charge in [-0.25, -0.2) is 9.78 Å². The van der Waals surface area contributed by atoms with E-state index < -0.39 is 41.7 Å². The lowest BCUT2D eigenvalue weighted by Crippen LogP contribution is -2.40. The number of fused-ring (bicyclic) bond motifs is 1.